The zero-order chi connectivity index (χ0) is 13.8. The van der Waals surface area contributed by atoms with Crippen LogP contribution < -0.4 is 5.32 Å². The third-order valence-electron chi connectivity index (χ3n) is 4.41. The summed E-state index contributed by atoms with van der Waals surface area (Å²) in [7, 11) is 1.80. The first-order valence-electron chi connectivity index (χ1n) is 7.39. The van der Waals surface area contributed by atoms with Crippen molar-refractivity contribution < 1.29 is 14.6 Å². The van der Waals surface area contributed by atoms with Crippen LogP contribution in [0, 0.1) is 5.92 Å². The van der Waals surface area contributed by atoms with Crippen molar-refractivity contribution in [2.45, 2.75) is 57.3 Å². The van der Waals surface area contributed by atoms with E-state index in [1.54, 1.807) is 11.9 Å². The molecule has 0 aromatic rings. The molecule has 1 aliphatic heterocycles. The van der Waals surface area contributed by atoms with E-state index in [0.29, 0.717) is 6.54 Å². The highest BCUT2D eigenvalue weighted by molar-refractivity contribution is 5.74. The van der Waals surface area contributed by atoms with Crippen molar-refractivity contribution in [1.29, 1.82) is 0 Å². The van der Waals surface area contributed by atoms with Crippen molar-refractivity contribution in [3.63, 3.8) is 0 Å². The summed E-state index contributed by atoms with van der Waals surface area (Å²) in [6, 6.07) is 0.0614. The van der Waals surface area contributed by atoms with Crippen LogP contribution in [0.1, 0.15) is 39.0 Å². The lowest BCUT2D eigenvalue weighted by Gasteiger charge is -2.31. The Balaban J connectivity index is 1.78. The van der Waals surface area contributed by atoms with Crippen LogP contribution in [0.5, 0.6) is 0 Å². The highest BCUT2D eigenvalue weighted by Crippen LogP contribution is 2.25. The van der Waals surface area contributed by atoms with Gasteiger partial charge in [-0.1, -0.05) is 12.8 Å². The van der Waals surface area contributed by atoms with Gasteiger partial charge in [0.15, 0.2) is 0 Å². The number of hydrogen-bond acceptors (Lipinski definition) is 3. The standard InChI is InChI=1S/C14H26N2O3/c1-10-12(7-8-19-10)15-14(18)16(2)9-11-5-3-4-6-13(11)17/h10-13,17H,3-9H2,1-2H3,(H,15,18). The predicted molar refractivity (Wildman–Crippen MR) is 72.9 cm³/mol. The van der Waals surface area contributed by atoms with Gasteiger partial charge in [0.2, 0.25) is 0 Å². The van der Waals surface area contributed by atoms with Gasteiger partial charge in [-0.3, -0.25) is 0 Å². The quantitative estimate of drug-likeness (QED) is 0.814. The molecule has 2 amide bonds. The van der Waals surface area contributed by atoms with E-state index in [0.717, 1.165) is 38.7 Å². The second-order valence-corrected chi connectivity index (χ2v) is 5.91. The number of nitrogens with one attached hydrogen (secondary N) is 1. The number of amides is 2. The Labute approximate surface area is 115 Å². The molecule has 19 heavy (non-hydrogen) atoms. The lowest BCUT2D eigenvalue weighted by molar-refractivity contribution is 0.0557. The summed E-state index contributed by atoms with van der Waals surface area (Å²) >= 11 is 0. The van der Waals surface area contributed by atoms with Crippen LogP contribution in [0.3, 0.4) is 0 Å². The van der Waals surface area contributed by atoms with Crippen LogP contribution in [0.4, 0.5) is 4.79 Å². The van der Waals surface area contributed by atoms with E-state index in [-0.39, 0.29) is 30.2 Å². The summed E-state index contributed by atoms with van der Waals surface area (Å²) in [5.74, 6) is 0.224. The van der Waals surface area contributed by atoms with Crippen molar-refractivity contribution >= 4 is 6.03 Å². The van der Waals surface area contributed by atoms with Gasteiger partial charge in [-0.15, -0.1) is 0 Å². The number of hydrogen-bond donors (Lipinski definition) is 2. The molecule has 0 aromatic carbocycles. The zero-order valence-electron chi connectivity index (χ0n) is 12.0. The normalized spacial score (nSPS) is 35.1. The zero-order valence-corrected chi connectivity index (χ0v) is 12.0. The van der Waals surface area contributed by atoms with Gasteiger partial charge in [0, 0.05) is 26.1 Å². The molecule has 5 heteroatoms. The van der Waals surface area contributed by atoms with Gasteiger partial charge in [0.25, 0.3) is 0 Å². The molecule has 0 radical (unpaired) electrons. The Morgan fingerprint density at radius 2 is 2.11 bits per heavy atom. The predicted octanol–water partition coefficient (Wildman–Crippen LogP) is 1.36. The van der Waals surface area contributed by atoms with Crippen LogP contribution in [0.2, 0.25) is 0 Å². The number of aliphatic hydroxyl groups is 1. The molecule has 1 saturated heterocycles. The molecule has 2 N–H and O–H groups in total. The third kappa shape index (κ3) is 3.83. The van der Waals surface area contributed by atoms with Gasteiger partial charge in [-0.2, -0.15) is 0 Å². The van der Waals surface area contributed by atoms with E-state index in [9.17, 15) is 9.90 Å². The van der Waals surface area contributed by atoms with Gasteiger partial charge in [-0.05, 0) is 26.2 Å². The Kier molecular flexibility index (Phi) is 5.05. The maximum Gasteiger partial charge on any atom is 0.317 e. The molecule has 4 unspecified atom stereocenters. The van der Waals surface area contributed by atoms with Crippen molar-refractivity contribution in [3.05, 3.63) is 0 Å². The fourth-order valence-corrected chi connectivity index (χ4v) is 3.03. The van der Waals surface area contributed by atoms with E-state index < -0.39 is 0 Å². The summed E-state index contributed by atoms with van der Waals surface area (Å²) in [6.45, 7) is 3.34. The van der Waals surface area contributed by atoms with Crippen molar-refractivity contribution in [2.24, 2.45) is 5.92 Å². The molecule has 1 saturated carbocycles. The lowest BCUT2D eigenvalue weighted by atomic mass is 9.86. The van der Waals surface area contributed by atoms with Crippen LogP contribution in [0.15, 0.2) is 0 Å². The molecule has 1 aliphatic carbocycles. The molecular formula is C14H26N2O3. The Morgan fingerprint density at radius 1 is 1.37 bits per heavy atom. The summed E-state index contributed by atoms with van der Waals surface area (Å²) in [5.41, 5.74) is 0. The van der Waals surface area contributed by atoms with Gasteiger partial charge < -0.3 is 20.1 Å². The number of carbonyl (C=O) groups excluding carboxylic acids is 1. The molecule has 5 nitrogen and oxygen atoms in total. The summed E-state index contributed by atoms with van der Waals surface area (Å²) in [6.07, 6.45) is 4.87. The SMILES string of the molecule is CC1OCCC1NC(=O)N(C)CC1CCCCC1O. The molecular weight excluding hydrogens is 244 g/mol. The molecule has 2 fully saturated rings. The second kappa shape index (κ2) is 6.57. The van der Waals surface area contributed by atoms with Gasteiger partial charge in [0.05, 0.1) is 18.2 Å². The monoisotopic (exact) mass is 270 g/mol. The average molecular weight is 270 g/mol. The van der Waals surface area contributed by atoms with Crippen LogP contribution in [-0.2, 0) is 4.74 Å². The van der Waals surface area contributed by atoms with E-state index in [1.807, 2.05) is 6.92 Å². The summed E-state index contributed by atoms with van der Waals surface area (Å²) in [4.78, 5) is 13.8. The summed E-state index contributed by atoms with van der Waals surface area (Å²) in [5, 5.41) is 13.0. The van der Waals surface area contributed by atoms with Crippen LogP contribution in [-0.4, -0.2) is 54.5 Å². The molecule has 0 spiro atoms. The Hall–Kier alpha value is -0.810. The second-order valence-electron chi connectivity index (χ2n) is 5.91. The van der Waals surface area contributed by atoms with Crippen molar-refractivity contribution in [3.8, 4) is 0 Å². The number of ether oxygens (including phenoxy) is 1. The van der Waals surface area contributed by atoms with Crippen LogP contribution >= 0.6 is 0 Å². The maximum absolute atomic E-state index is 12.1. The molecule has 110 valence electrons. The van der Waals surface area contributed by atoms with Gasteiger partial charge >= 0.3 is 6.03 Å². The first-order valence-corrected chi connectivity index (χ1v) is 7.39. The summed E-state index contributed by atoms with van der Waals surface area (Å²) < 4.78 is 5.44. The Morgan fingerprint density at radius 3 is 2.74 bits per heavy atom. The minimum Gasteiger partial charge on any atom is -0.393 e. The molecule has 0 aromatic heterocycles. The number of aliphatic hydroxyl groups excluding tert-OH is 1. The molecule has 4 atom stereocenters. The van der Waals surface area contributed by atoms with Gasteiger partial charge in [0.1, 0.15) is 0 Å². The molecule has 2 aliphatic rings. The van der Waals surface area contributed by atoms with E-state index in [2.05, 4.69) is 5.32 Å². The fourth-order valence-electron chi connectivity index (χ4n) is 3.03. The third-order valence-corrected chi connectivity index (χ3v) is 4.41. The average Bonchev–Trinajstić information content (AvgIpc) is 2.78. The molecule has 2 rings (SSSR count). The number of rotatable bonds is 3. The highest BCUT2D eigenvalue weighted by atomic mass is 16.5. The van der Waals surface area contributed by atoms with Crippen LogP contribution in [0.25, 0.3) is 0 Å². The van der Waals surface area contributed by atoms with Gasteiger partial charge in [-0.25, -0.2) is 4.79 Å². The largest absolute Gasteiger partial charge is 0.393 e. The number of nitrogens with zero attached hydrogens (tertiary/aromatic N) is 1. The Bertz CT molecular complexity index is 311. The van der Waals surface area contributed by atoms with E-state index >= 15 is 0 Å². The lowest BCUT2D eigenvalue weighted by Crippen LogP contribution is -2.48. The minimum absolute atomic E-state index is 0.0554. The highest BCUT2D eigenvalue weighted by Gasteiger charge is 2.29. The first kappa shape index (κ1) is 14.6. The maximum atomic E-state index is 12.1. The number of carbonyl (C=O) groups is 1. The van der Waals surface area contributed by atoms with Crippen molar-refractivity contribution in [1.82, 2.24) is 10.2 Å². The number of urea groups is 1. The molecule has 1 heterocycles. The smallest absolute Gasteiger partial charge is 0.317 e. The van der Waals surface area contributed by atoms with E-state index in [4.69, 9.17) is 4.74 Å². The van der Waals surface area contributed by atoms with E-state index in [1.165, 1.54) is 0 Å². The first-order chi connectivity index (χ1) is 9.08. The van der Waals surface area contributed by atoms with Crippen molar-refractivity contribution in [2.75, 3.05) is 20.2 Å². The minimum atomic E-state index is -0.252. The topological polar surface area (TPSA) is 61.8 Å². The fraction of sp³-hybridized carbons (Fsp3) is 0.929. The molecule has 0 bridgehead atoms.